The standard InChI is InChI=1S/C20H26O2/c1-12-17-15-9-13-6-8-20(15,16(10-13)21-3)14-5-4-7-19(2,11-22-12)18(14)17/h5,9,13,16-18H,1,4,6-8,10-11H2,2-3H3/t13-,16?,17-,18-,19+,20-/m1/s1. The Bertz CT molecular complexity index is 615. The van der Waals surface area contributed by atoms with Crippen LogP contribution < -0.4 is 0 Å². The summed E-state index contributed by atoms with van der Waals surface area (Å²) in [6.45, 7) is 7.59. The first-order valence-corrected chi connectivity index (χ1v) is 8.87. The summed E-state index contributed by atoms with van der Waals surface area (Å²) in [5.41, 5.74) is 3.74. The molecule has 22 heavy (non-hydrogen) atoms. The zero-order valence-electron chi connectivity index (χ0n) is 13.7. The summed E-state index contributed by atoms with van der Waals surface area (Å²) in [7, 11) is 1.91. The summed E-state index contributed by atoms with van der Waals surface area (Å²) in [6, 6.07) is 0. The predicted octanol–water partition coefficient (Wildman–Crippen LogP) is 4.24. The molecule has 0 amide bonds. The predicted molar refractivity (Wildman–Crippen MR) is 86.2 cm³/mol. The molecule has 0 aromatic carbocycles. The first-order valence-electron chi connectivity index (χ1n) is 8.87. The summed E-state index contributed by atoms with van der Waals surface area (Å²) in [6.07, 6.45) is 11.7. The van der Waals surface area contributed by atoms with E-state index in [2.05, 4.69) is 25.7 Å². The lowest BCUT2D eigenvalue weighted by Gasteiger charge is -2.51. The van der Waals surface area contributed by atoms with Crippen molar-refractivity contribution in [2.24, 2.45) is 28.6 Å². The van der Waals surface area contributed by atoms with Crippen LogP contribution >= 0.6 is 0 Å². The third-order valence-electron chi connectivity index (χ3n) is 7.47. The van der Waals surface area contributed by atoms with Gasteiger partial charge in [-0.1, -0.05) is 31.2 Å². The number of allylic oxidation sites excluding steroid dienone is 3. The topological polar surface area (TPSA) is 18.5 Å². The summed E-state index contributed by atoms with van der Waals surface area (Å²) in [4.78, 5) is 0. The van der Waals surface area contributed by atoms with Crippen molar-refractivity contribution in [3.63, 3.8) is 0 Å². The van der Waals surface area contributed by atoms with Gasteiger partial charge in [0, 0.05) is 29.8 Å². The second-order valence-electron chi connectivity index (χ2n) is 8.41. The van der Waals surface area contributed by atoms with E-state index in [-0.39, 0.29) is 10.8 Å². The number of hydrogen-bond donors (Lipinski definition) is 0. The molecular formula is C20H26O2. The van der Waals surface area contributed by atoms with Crippen molar-refractivity contribution < 1.29 is 9.47 Å². The molecule has 2 heteroatoms. The summed E-state index contributed by atoms with van der Waals surface area (Å²) in [5, 5.41) is 0. The molecule has 1 spiro atoms. The van der Waals surface area contributed by atoms with E-state index in [1.807, 2.05) is 7.11 Å². The molecule has 118 valence electrons. The lowest BCUT2D eigenvalue weighted by molar-refractivity contribution is -0.0263. The average Bonchev–Trinajstić information content (AvgIpc) is 2.85. The molecule has 0 N–H and O–H groups in total. The fourth-order valence-corrected chi connectivity index (χ4v) is 6.53. The number of rotatable bonds is 1. The van der Waals surface area contributed by atoms with Gasteiger partial charge in [0.2, 0.25) is 0 Å². The lowest BCUT2D eigenvalue weighted by atomic mass is 9.56. The van der Waals surface area contributed by atoms with E-state index >= 15 is 0 Å². The molecular weight excluding hydrogens is 272 g/mol. The van der Waals surface area contributed by atoms with Crippen LogP contribution in [0.4, 0.5) is 0 Å². The maximum atomic E-state index is 6.10. The molecule has 1 aliphatic heterocycles. The van der Waals surface area contributed by atoms with Crippen LogP contribution in [0.15, 0.2) is 35.6 Å². The first kappa shape index (κ1) is 13.4. The molecule has 6 rings (SSSR count). The van der Waals surface area contributed by atoms with E-state index < -0.39 is 0 Å². The number of methoxy groups -OCH3 is 1. The summed E-state index contributed by atoms with van der Waals surface area (Å²) >= 11 is 0. The summed E-state index contributed by atoms with van der Waals surface area (Å²) in [5.74, 6) is 2.72. The second-order valence-corrected chi connectivity index (χ2v) is 8.41. The van der Waals surface area contributed by atoms with Crippen molar-refractivity contribution in [3.8, 4) is 0 Å². The Balaban J connectivity index is 1.77. The molecule has 6 aliphatic rings. The summed E-state index contributed by atoms with van der Waals surface area (Å²) < 4.78 is 12.1. The van der Waals surface area contributed by atoms with Gasteiger partial charge in [0.1, 0.15) is 0 Å². The third kappa shape index (κ3) is 1.33. The van der Waals surface area contributed by atoms with Gasteiger partial charge >= 0.3 is 0 Å². The van der Waals surface area contributed by atoms with Crippen LogP contribution in [0.25, 0.3) is 0 Å². The fraction of sp³-hybridized carbons (Fsp3) is 0.700. The SMILES string of the molecule is C=C1OC[C@]2(C)CCC=C3[C@@H]2[C@H]1C1=C[C@H]2CC[C@]13C(OC)C2. The molecule has 2 bridgehead atoms. The van der Waals surface area contributed by atoms with E-state index in [4.69, 9.17) is 9.47 Å². The molecule has 2 saturated carbocycles. The van der Waals surface area contributed by atoms with Gasteiger partial charge in [-0.05, 0) is 43.6 Å². The van der Waals surface area contributed by atoms with Gasteiger partial charge in [-0.25, -0.2) is 0 Å². The van der Waals surface area contributed by atoms with Gasteiger partial charge in [-0.2, -0.15) is 0 Å². The minimum Gasteiger partial charge on any atom is -0.497 e. The second kappa shape index (κ2) is 4.08. The van der Waals surface area contributed by atoms with Crippen LogP contribution in [0.5, 0.6) is 0 Å². The highest BCUT2D eigenvalue weighted by atomic mass is 16.5. The van der Waals surface area contributed by atoms with Gasteiger partial charge < -0.3 is 9.47 Å². The van der Waals surface area contributed by atoms with Crippen molar-refractivity contribution in [1.29, 1.82) is 0 Å². The van der Waals surface area contributed by atoms with Crippen molar-refractivity contribution in [1.82, 2.24) is 0 Å². The maximum absolute atomic E-state index is 6.10. The quantitative estimate of drug-likeness (QED) is 0.674. The Morgan fingerprint density at radius 1 is 1.32 bits per heavy atom. The van der Waals surface area contributed by atoms with Gasteiger partial charge in [0.05, 0.1) is 18.5 Å². The highest BCUT2D eigenvalue weighted by Gasteiger charge is 2.66. The van der Waals surface area contributed by atoms with E-state index in [1.54, 1.807) is 11.1 Å². The van der Waals surface area contributed by atoms with Crippen LogP contribution in [0.3, 0.4) is 0 Å². The van der Waals surface area contributed by atoms with Crippen LogP contribution in [-0.4, -0.2) is 19.8 Å². The molecule has 1 unspecified atom stereocenters. The van der Waals surface area contributed by atoms with E-state index in [0.29, 0.717) is 23.9 Å². The highest BCUT2D eigenvalue weighted by molar-refractivity contribution is 5.51. The minimum atomic E-state index is 0.164. The zero-order valence-corrected chi connectivity index (χ0v) is 13.7. The van der Waals surface area contributed by atoms with Gasteiger partial charge in [0.25, 0.3) is 0 Å². The molecule has 0 aromatic heterocycles. The number of fused-ring (bicyclic) bond motifs is 2. The Kier molecular flexibility index (Phi) is 2.49. The molecule has 0 radical (unpaired) electrons. The highest BCUT2D eigenvalue weighted by Crippen LogP contribution is 2.71. The average molecular weight is 298 g/mol. The van der Waals surface area contributed by atoms with Crippen LogP contribution in [0.1, 0.15) is 39.0 Å². The maximum Gasteiger partial charge on any atom is 0.0966 e. The zero-order chi connectivity index (χ0) is 15.1. The van der Waals surface area contributed by atoms with Crippen LogP contribution in [-0.2, 0) is 9.47 Å². The van der Waals surface area contributed by atoms with Gasteiger partial charge in [-0.3, -0.25) is 0 Å². The first-order chi connectivity index (χ1) is 10.6. The Labute approximate surface area is 133 Å². The van der Waals surface area contributed by atoms with Crippen molar-refractivity contribution in [3.05, 3.63) is 35.6 Å². The molecule has 0 aromatic rings. The molecule has 1 heterocycles. The Morgan fingerprint density at radius 3 is 3.00 bits per heavy atom. The molecule has 3 fully saturated rings. The Hall–Kier alpha value is -1.02. The fourth-order valence-electron chi connectivity index (χ4n) is 6.53. The molecule has 2 nitrogen and oxygen atoms in total. The molecule has 1 saturated heterocycles. The lowest BCUT2D eigenvalue weighted by Crippen LogP contribution is -2.47. The third-order valence-corrected chi connectivity index (χ3v) is 7.47. The number of ether oxygens (including phenoxy) is 2. The van der Waals surface area contributed by atoms with Crippen molar-refractivity contribution >= 4 is 0 Å². The monoisotopic (exact) mass is 298 g/mol. The number of hydrogen-bond acceptors (Lipinski definition) is 2. The largest absolute Gasteiger partial charge is 0.497 e. The molecule has 5 aliphatic carbocycles. The smallest absolute Gasteiger partial charge is 0.0966 e. The molecule has 6 atom stereocenters. The van der Waals surface area contributed by atoms with Crippen LogP contribution in [0, 0.1) is 28.6 Å². The van der Waals surface area contributed by atoms with Crippen molar-refractivity contribution in [2.45, 2.75) is 45.1 Å². The Morgan fingerprint density at radius 2 is 2.18 bits per heavy atom. The van der Waals surface area contributed by atoms with E-state index in [1.165, 1.54) is 32.1 Å². The minimum absolute atomic E-state index is 0.164. The normalized spacial score (nSPS) is 51.6. The van der Waals surface area contributed by atoms with Gasteiger partial charge in [0.15, 0.2) is 0 Å². The van der Waals surface area contributed by atoms with Crippen molar-refractivity contribution in [2.75, 3.05) is 13.7 Å². The van der Waals surface area contributed by atoms with Crippen LogP contribution in [0.2, 0.25) is 0 Å². The van der Waals surface area contributed by atoms with E-state index in [0.717, 1.165) is 12.4 Å². The van der Waals surface area contributed by atoms with E-state index in [9.17, 15) is 0 Å². The van der Waals surface area contributed by atoms with Gasteiger partial charge in [-0.15, -0.1) is 0 Å².